The Morgan fingerprint density at radius 2 is 1.72 bits per heavy atom. The summed E-state index contributed by atoms with van der Waals surface area (Å²) >= 11 is 0. The first-order chi connectivity index (χ1) is 15.5. The van der Waals surface area contributed by atoms with Crippen LogP contribution in [0.25, 0.3) is 0 Å². The van der Waals surface area contributed by atoms with Gasteiger partial charge in [0.2, 0.25) is 12.7 Å². The molecular weight excluding hydrogens is 414 g/mol. The molecule has 0 saturated carbocycles. The zero-order valence-corrected chi connectivity index (χ0v) is 17.3. The first-order valence-electron chi connectivity index (χ1n) is 9.89. The van der Waals surface area contributed by atoms with Crippen LogP contribution in [-0.2, 0) is 11.3 Å². The van der Waals surface area contributed by atoms with Gasteiger partial charge >= 0.3 is 0 Å². The smallest absolute Gasteiger partial charge is 0.253 e. The Hall–Kier alpha value is -4.27. The predicted molar refractivity (Wildman–Crippen MR) is 116 cm³/mol. The average Bonchev–Trinajstić information content (AvgIpc) is 3.47. The van der Waals surface area contributed by atoms with Crippen LogP contribution >= 0.6 is 0 Å². The molecule has 9 nitrogen and oxygen atoms in total. The van der Waals surface area contributed by atoms with E-state index in [4.69, 9.17) is 13.9 Å². The highest BCUT2D eigenvalue weighted by atomic mass is 16.7. The van der Waals surface area contributed by atoms with E-state index in [0.29, 0.717) is 39.8 Å². The van der Waals surface area contributed by atoms with Crippen molar-refractivity contribution in [3.8, 4) is 11.5 Å². The van der Waals surface area contributed by atoms with Gasteiger partial charge in [-0.3, -0.25) is 14.4 Å². The van der Waals surface area contributed by atoms with Crippen molar-refractivity contribution in [3.63, 3.8) is 0 Å². The molecule has 2 heterocycles. The number of anilines is 2. The lowest BCUT2D eigenvalue weighted by Gasteiger charge is -2.13. The van der Waals surface area contributed by atoms with Crippen LogP contribution < -0.4 is 25.4 Å². The summed E-state index contributed by atoms with van der Waals surface area (Å²) in [6, 6.07) is 13.5. The van der Waals surface area contributed by atoms with Crippen molar-refractivity contribution < 1.29 is 28.3 Å². The number of rotatable bonds is 8. The molecule has 1 aliphatic rings. The number of carbonyl (C=O) groups is 3. The summed E-state index contributed by atoms with van der Waals surface area (Å²) in [5.41, 5.74) is 1.54. The lowest BCUT2D eigenvalue weighted by atomic mass is 10.1. The minimum absolute atomic E-state index is 0.0599. The molecule has 1 aliphatic heterocycles. The van der Waals surface area contributed by atoms with Crippen molar-refractivity contribution in [3.05, 3.63) is 71.7 Å². The van der Waals surface area contributed by atoms with Crippen molar-refractivity contribution in [2.24, 2.45) is 0 Å². The molecule has 4 rings (SSSR count). The highest BCUT2D eigenvalue weighted by Gasteiger charge is 2.20. The van der Waals surface area contributed by atoms with E-state index >= 15 is 0 Å². The van der Waals surface area contributed by atoms with E-state index in [2.05, 4.69) is 16.0 Å². The number of furan rings is 1. The van der Waals surface area contributed by atoms with E-state index in [-0.39, 0.29) is 31.6 Å². The third-order valence-corrected chi connectivity index (χ3v) is 4.78. The number of hydrogen-bond donors (Lipinski definition) is 3. The van der Waals surface area contributed by atoms with Gasteiger partial charge in [-0.2, -0.15) is 0 Å². The monoisotopic (exact) mass is 435 g/mol. The van der Waals surface area contributed by atoms with Gasteiger partial charge in [-0.05, 0) is 37.3 Å². The molecule has 2 aromatic carbocycles. The Morgan fingerprint density at radius 3 is 2.47 bits per heavy atom. The fourth-order valence-corrected chi connectivity index (χ4v) is 3.22. The van der Waals surface area contributed by atoms with E-state index in [1.165, 1.54) is 13.2 Å². The molecule has 0 saturated heterocycles. The maximum Gasteiger partial charge on any atom is 0.253 e. The molecule has 3 aromatic rings. The van der Waals surface area contributed by atoms with Gasteiger partial charge in [0.15, 0.2) is 17.3 Å². The van der Waals surface area contributed by atoms with Gasteiger partial charge in [0.1, 0.15) is 5.76 Å². The molecule has 0 aliphatic carbocycles. The zero-order chi connectivity index (χ0) is 22.5. The van der Waals surface area contributed by atoms with Crippen LogP contribution in [-0.4, -0.2) is 30.9 Å². The summed E-state index contributed by atoms with van der Waals surface area (Å²) in [5.74, 6) is 0.632. The predicted octanol–water partition coefficient (Wildman–Crippen LogP) is 3.19. The molecule has 0 unspecified atom stereocenters. The number of carbonyl (C=O) groups excluding carboxylic acids is 3. The highest BCUT2D eigenvalue weighted by Crippen LogP contribution is 2.37. The number of nitrogens with one attached hydrogen (secondary N) is 3. The summed E-state index contributed by atoms with van der Waals surface area (Å²) in [6.45, 7) is 1.60. The Labute approximate surface area is 183 Å². The van der Waals surface area contributed by atoms with E-state index in [9.17, 15) is 14.4 Å². The van der Waals surface area contributed by atoms with E-state index < -0.39 is 5.91 Å². The minimum atomic E-state index is -0.392. The van der Waals surface area contributed by atoms with Crippen molar-refractivity contribution in [2.45, 2.75) is 13.5 Å². The van der Waals surface area contributed by atoms with Gasteiger partial charge in [0.05, 0.1) is 30.6 Å². The number of fused-ring (bicyclic) bond motifs is 1. The number of amides is 2. The summed E-state index contributed by atoms with van der Waals surface area (Å²) in [5, 5.41) is 8.46. The van der Waals surface area contributed by atoms with Crippen LogP contribution in [0.5, 0.6) is 11.5 Å². The van der Waals surface area contributed by atoms with Crippen LogP contribution in [0.15, 0.2) is 59.2 Å². The summed E-state index contributed by atoms with van der Waals surface area (Å²) in [6.07, 6.45) is 1.53. The second-order valence-electron chi connectivity index (χ2n) is 7.02. The van der Waals surface area contributed by atoms with Gasteiger partial charge < -0.3 is 29.8 Å². The van der Waals surface area contributed by atoms with E-state index in [1.54, 1.807) is 48.5 Å². The molecular formula is C23H21N3O6. The minimum Gasteiger partial charge on any atom is -0.467 e. The van der Waals surface area contributed by atoms with Crippen LogP contribution in [0, 0.1) is 0 Å². The number of para-hydroxylation sites is 1. The fraction of sp³-hybridized carbons (Fsp3) is 0.174. The Morgan fingerprint density at radius 1 is 0.938 bits per heavy atom. The SMILES string of the molecule is CC(=O)c1cc2c(cc1NC(=O)CNc1ccccc1C(=O)NCc1ccco1)OCO2. The Kier molecular flexibility index (Phi) is 6.07. The van der Waals surface area contributed by atoms with Gasteiger partial charge in [0, 0.05) is 17.3 Å². The fourth-order valence-electron chi connectivity index (χ4n) is 3.22. The molecule has 32 heavy (non-hydrogen) atoms. The van der Waals surface area contributed by atoms with Crippen LogP contribution in [0.2, 0.25) is 0 Å². The van der Waals surface area contributed by atoms with Gasteiger partial charge in [-0.15, -0.1) is 0 Å². The molecule has 0 bridgehead atoms. The second kappa shape index (κ2) is 9.25. The molecule has 0 fully saturated rings. The zero-order valence-electron chi connectivity index (χ0n) is 17.3. The molecule has 0 radical (unpaired) electrons. The van der Waals surface area contributed by atoms with E-state index in [1.807, 2.05) is 0 Å². The summed E-state index contributed by atoms with van der Waals surface area (Å²) in [4.78, 5) is 37.1. The Balaban J connectivity index is 1.41. The standard InChI is InChI=1S/C23H21N3O6/c1-14(27)17-9-20-21(32-13-31-20)10-19(17)26-22(28)12-24-18-7-3-2-6-16(18)23(29)25-11-15-5-4-8-30-15/h2-10,24H,11-13H2,1H3,(H,25,29)(H,26,28). The van der Waals surface area contributed by atoms with E-state index in [0.717, 1.165) is 0 Å². The van der Waals surface area contributed by atoms with Crippen molar-refractivity contribution in [1.29, 1.82) is 0 Å². The quantitative estimate of drug-likeness (QED) is 0.465. The average molecular weight is 435 g/mol. The molecule has 3 N–H and O–H groups in total. The molecule has 0 spiro atoms. The number of benzene rings is 2. The van der Waals surface area contributed by atoms with Crippen LogP contribution in [0.1, 0.15) is 33.4 Å². The molecule has 0 atom stereocenters. The first-order valence-corrected chi connectivity index (χ1v) is 9.89. The number of ether oxygens (including phenoxy) is 2. The van der Waals surface area contributed by atoms with Crippen molar-refractivity contribution >= 4 is 29.0 Å². The topological polar surface area (TPSA) is 119 Å². The largest absolute Gasteiger partial charge is 0.467 e. The summed E-state index contributed by atoms with van der Waals surface area (Å²) in [7, 11) is 0. The highest BCUT2D eigenvalue weighted by molar-refractivity contribution is 6.06. The molecule has 9 heteroatoms. The number of hydrogen-bond acceptors (Lipinski definition) is 7. The van der Waals surface area contributed by atoms with Crippen molar-refractivity contribution in [2.75, 3.05) is 24.0 Å². The second-order valence-corrected chi connectivity index (χ2v) is 7.02. The molecule has 1 aromatic heterocycles. The molecule has 2 amide bonds. The third kappa shape index (κ3) is 4.72. The van der Waals surface area contributed by atoms with Gasteiger partial charge in [-0.25, -0.2) is 0 Å². The summed E-state index contributed by atoms with van der Waals surface area (Å²) < 4.78 is 15.8. The lowest BCUT2D eigenvalue weighted by Crippen LogP contribution is -2.26. The molecule has 164 valence electrons. The van der Waals surface area contributed by atoms with Gasteiger partial charge in [0.25, 0.3) is 5.91 Å². The maximum absolute atomic E-state index is 12.6. The van der Waals surface area contributed by atoms with Gasteiger partial charge in [-0.1, -0.05) is 12.1 Å². The normalized spacial score (nSPS) is 11.7. The maximum atomic E-state index is 12.6. The van der Waals surface area contributed by atoms with Crippen molar-refractivity contribution in [1.82, 2.24) is 5.32 Å². The van der Waals surface area contributed by atoms with Crippen LogP contribution in [0.3, 0.4) is 0 Å². The number of Topliss-reactive ketones (excluding diaryl/α,β-unsaturated/α-hetero) is 1. The first kappa shape index (κ1) is 21.0. The lowest BCUT2D eigenvalue weighted by molar-refractivity contribution is -0.114. The van der Waals surface area contributed by atoms with Crippen LogP contribution in [0.4, 0.5) is 11.4 Å². The Bertz CT molecular complexity index is 1160. The number of ketones is 1. The third-order valence-electron chi connectivity index (χ3n) is 4.78.